The lowest BCUT2D eigenvalue weighted by atomic mass is 9.93. The number of halogens is 1. The first-order chi connectivity index (χ1) is 14.1. The fraction of sp³-hybridized carbons (Fsp3) is 0.238. The number of nitrogens with zero attached hydrogens (tertiary/aromatic N) is 3. The van der Waals surface area contributed by atoms with Gasteiger partial charge in [0.25, 0.3) is 11.6 Å². The number of allylic oxidation sites excluding steroid dienone is 1. The third-order valence-corrected chi connectivity index (χ3v) is 5.53. The predicted molar refractivity (Wildman–Crippen MR) is 122 cm³/mol. The number of carbonyl (C=O) groups is 1. The van der Waals surface area contributed by atoms with Crippen LogP contribution in [0.5, 0.6) is 0 Å². The van der Waals surface area contributed by atoms with Crippen LogP contribution in [0.15, 0.2) is 53.7 Å². The number of rotatable bonds is 4. The molecule has 2 aromatic rings. The highest BCUT2D eigenvalue weighted by Gasteiger charge is 2.36. The monoisotopic (exact) mass is 444 g/mol. The molecule has 0 spiro atoms. The van der Waals surface area contributed by atoms with Crippen LogP contribution >= 0.6 is 23.8 Å². The smallest absolute Gasteiger partial charge is 0.288 e. The highest BCUT2D eigenvalue weighted by Crippen LogP contribution is 2.36. The molecule has 0 aromatic heterocycles. The minimum atomic E-state index is -0.648. The summed E-state index contributed by atoms with van der Waals surface area (Å²) in [6, 6.07) is 11.6. The van der Waals surface area contributed by atoms with Crippen LogP contribution in [0.3, 0.4) is 0 Å². The standard InChI is InChI=1S/C21H21ClN4O3S/c1-12-5-8-15(9-6-12)25-13(2)18(20(27)24(3)4)19(23-21(25)30)14-7-10-16(22)17(11-14)26(28)29/h5-11,19H,1-4H3,(H,23,30). The maximum absolute atomic E-state index is 13.1. The summed E-state index contributed by atoms with van der Waals surface area (Å²) in [5.41, 5.74) is 3.33. The third-order valence-electron chi connectivity index (χ3n) is 4.91. The lowest BCUT2D eigenvalue weighted by Crippen LogP contribution is -2.49. The molecule has 1 aliphatic rings. The van der Waals surface area contributed by atoms with Crippen molar-refractivity contribution in [2.45, 2.75) is 19.9 Å². The van der Waals surface area contributed by atoms with Crippen LogP contribution in [0.25, 0.3) is 0 Å². The highest BCUT2D eigenvalue weighted by atomic mass is 35.5. The number of aryl methyl sites for hydroxylation is 1. The zero-order valence-corrected chi connectivity index (χ0v) is 18.5. The predicted octanol–water partition coefficient (Wildman–Crippen LogP) is 4.35. The molecule has 156 valence electrons. The van der Waals surface area contributed by atoms with Gasteiger partial charge in [0.1, 0.15) is 5.02 Å². The van der Waals surface area contributed by atoms with Crippen LogP contribution in [-0.4, -0.2) is 34.9 Å². The second kappa shape index (κ2) is 8.41. The lowest BCUT2D eigenvalue weighted by Gasteiger charge is -2.38. The van der Waals surface area contributed by atoms with Gasteiger partial charge < -0.3 is 10.2 Å². The number of nitro groups is 1. The van der Waals surface area contributed by atoms with Gasteiger partial charge in [-0.05, 0) is 49.8 Å². The molecule has 1 unspecified atom stereocenters. The fourth-order valence-electron chi connectivity index (χ4n) is 3.36. The van der Waals surface area contributed by atoms with Crippen LogP contribution in [-0.2, 0) is 4.79 Å². The van der Waals surface area contributed by atoms with Crippen molar-refractivity contribution in [3.63, 3.8) is 0 Å². The molecule has 1 atom stereocenters. The van der Waals surface area contributed by atoms with Gasteiger partial charge in [-0.3, -0.25) is 19.8 Å². The Balaban J connectivity index is 2.18. The molecule has 3 rings (SSSR count). The average molecular weight is 445 g/mol. The Bertz CT molecular complexity index is 1070. The van der Waals surface area contributed by atoms with E-state index in [1.54, 1.807) is 25.1 Å². The number of carbonyl (C=O) groups excluding carboxylic acids is 1. The topological polar surface area (TPSA) is 78.7 Å². The van der Waals surface area contributed by atoms with E-state index in [9.17, 15) is 14.9 Å². The zero-order chi connectivity index (χ0) is 22.2. The molecule has 2 aromatic carbocycles. The third kappa shape index (κ3) is 4.01. The number of hydrogen-bond acceptors (Lipinski definition) is 4. The van der Waals surface area contributed by atoms with E-state index in [0.29, 0.717) is 21.9 Å². The van der Waals surface area contributed by atoms with E-state index in [0.717, 1.165) is 11.3 Å². The molecular weight excluding hydrogens is 424 g/mol. The normalized spacial score (nSPS) is 16.4. The molecule has 0 radical (unpaired) electrons. The molecule has 0 saturated carbocycles. The van der Waals surface area contributed by atoms with Crippen LogP contribution in [0.2, 0.25) is 5.02 Å². The average Bonchev–Trinajstić information content (AvgIpc) is 2.68. The van der Waals surface area contributed by atoms with E-state index in [2.05, 4.69) is 5.32 Å². The van der Waals surface area contributed by atoms with Crippen molar-refractivity contribution >= 4 is 46.2 Å². The Labute approximate surface area is 185 Å². The summed E-state index contributed by atoms with van der Waals surface area (Å²) in [7, 11) is 3.32. The Hall–Kier alpha value is -2.97. The van der Waals surface area contributed by atoms with Crippen molar-refractivity contribution in [3.05, 3.63) is 80.0 Å². The van der Waals surface area contributed by atoms with Gasteiger partial charge in [-0.15, -0.1) is 0 Å². The summed E-state index contributed by atoms with van der Waals surface area (Å²) in [5, 5.41) is 15.0. The SMILES string of the molecule is CC1=C(C(=O)N(C)C)C(c2ccc(Cl)c([N+](=O)[O-])c2)NC(=S)N1c1ccc(C)cc1. The molecule has 0 bridgehead atoms. The van der Waals surface area contributed by atoms with Crippen LogP contribution in [0.1, 0.15) is 24.1 Å². The van der Waals surface area contributed by atoms with Crippen molar-refractivity contribution in [3.8, 4) is 0 Å². The lowest BCUT2D eigenvalue weighted by molar-refractivity contribution is -0.384. The largest absolute Gasteiger partial charge is 0.351 e. The molecule has 1 aliphatic heterocycles. The second-order valence-corrected chi connectivity index (χ2v) is 8.01. The Morgan fingerprint density at radius 1 is 1.20 bits per heavy atom. The molecule has 0 saturated heterocycles. The van der Waals surface area contributed by atoms with Crippen molar-refractivity contribution < 1.29 is 9.72 Å². The minimum absolute atomic E-state index is 0.0320. The van der Waals surface area contributed by atoms with Gasteiger partial charge in [-0.1, -0.05) is 35.4 Å². The first kappa shape index (κ1) is 21.7. The molecular formula is C21H21ClN4O3S. The maximum Gasteiger partial charge on any atom is 0.288 e. The van der Waals surface area contributed by atoms with Crippen LogP contribution < -0.4 is 10.2 Å². The van der Waals surface area contributed by atoms with Gasteiger partial charge in [0.15, 0.2) is 5.11 Å². The maximum atomic E-state index is 13.1. The molecule has 1 heterocycles. The number of nitrogens with one attached hydrogen (secondary N) is 1. The molecule has 1 amide bonds. The fourth-order valence-corrected chi connectivity index (χ4v) is 3.91. The summed E-state index contributed by atoms with van der Waals surface area (Å²) in [5.74, 6) is -0.220. The molecule has 30 heavy (non-hydrogen) atoms. The Morgan fingerprint density at radius 2 is 1.83 bits per heavy atom. The van der Waals surface area contributed by atoms with Crippen molar-refractivity contribution in [2.75, 3.05) is 19.0 Å². The number of nitro benzene ring substituents is 1. The summed E-state index contributed by atoms with van der Waals surface area (Å²) < 4.78 is 0. The zero-order valence-electron chi connectivity index (χ0n) is 17.0. The summed E-state index contributed by atoms with van der Waals surface area (Å²) in [6.07, 6.45) is 0. The van der Waals surface area contributed by atoms with Gasteiger partial charge in [0.05, 0.1) is 16.5 Å². The number of benzene rings is 2. The van der Waals surface area contributed by atoms with E-state index < -0.39 is 11.0 Å². The van der Waals surface area contributed by atoms with E-state index in [1.165, 1.54) is 17.0 Å². The van der Waals surface area contributed by atoms with Crippen LogP contribution in [0, 0.1) is 17.0 Å². The van der Waals surface area contributed by atoms with E-state index in [1.807, 2.05) is 38.1 Å². The number of amides is 1. The molecule has 9 heteroatoms. The number of anilines is 1. The van der Waals surface area contributed by atoms with E-state index >= 15 is 0 Å². The number of likely N-dealkylation sites (N-methyl/N-ethyl adjacent to an activating group) is 1. The first-order valence-corrected chi connectivity index (χ1v) is 9.94. The van der Waals surface area contributed by atoms with Crippen molar-refractivity contribution in [1.82, 2.24) is 10.2 Å². The first-order valence-electron chi connectivity index (χ1n) is 9.15. The highest BCUT2D eigenvalue weighted by molar-refractivity contribution is 7.80. The van der Waals surface area contributed by atoms with E-state index in [4.69, 9.17) is 23.8 Å². The van der Waals surface area contributed by atoms with Crippen molar-refractivity contribution in [1.29, 1.82) is 0 Å². The Kier molecular flexibility index (Phi) is 6.09. The minimum Gasteiger partial charge on any atom is -0.351 e. The quantitative estimate of drug-likeness (QED) is 0.429. The van der Waals surface area contributed by atoms with Crippen LogP contribution in [0.4, 0.5) is 11.4 Å². The van der Waals surface area contributed by atoms with Crippen molar-refractivity contribution in [2.24, 2.45) is 0 Å². The summed E-state index contributed by atoms with van der Waals surface area (Å²) in [6.45, 7) is 3.81. The van der Waals surface area contributed by atoms with Gasteiger partial charge in [0.2, 0.25) is 0 Å². The molecule has 1 N–H and O–H groups in total. The van der Waals surface area contributed by atoms with Gasteiger partial charge in [-0.2, -0.15) is 0 Å². The molecule has 0 fully saturated rings. The summed E-state index contributed by atoms with van der Waals surface area (Å²) >= 11 is 11.6. The summed E-state index contributed by atoms with van der Waals surface area (Å²) in [4.78, 5) is 27.2. The van der Waals surface area contributed by atoms with Gasteiger partial charge in [-0.25, -0.2) is 0 Å². The van der Waals surface area contributed by atoms with E-state index in [-0.39, 0.29) is 16.6 Å². The number of thiocarbonyl (C=S) groups is 1. The molecule has 0 aliphatic carbocycles. The second-order valence-electron chi connectivity index (χ2n) is 7.22. The molecule has 7 nitrogen and oxygen atoms in total. The number of hydrogen-bond donors (Lipinski definition) is 1. The van der Waals surface area contributed by atoms with Gasteiger partial charge >= 0.3 is 0 Å². The van der Waals surface area contributed by atoms with Gasteiger partial charge in [0, 0.05) is 31.5 Å². The Morgan fingerprint density at radius 3 is 2.40 bits per heavy atom.